The van der Waals surface area contributed by atoms with Crippen molar-refractivity contribution < 1.29 is 5.11 Å². The van der Waals surface area contributed by atoms with Crippen molar-refractivity contribution in [1.82, 2.24) is 0 Å². The molecule has 0 aliphatic rings. The average Bonchev–Trinajstić information content (AvgIpc) is 1.68. The highest BCUT2D eigenvalue weighted by atomic mass is 35.5. The van der Waals surface area contributed by atoms with E-state index in [-0.39, 0.29) is 0 Å². The zero-order valence-corrected chi connectivity index (χ0v) is 5.07. The van der Waals surface area contributed by atoms with Crippen LogP contribution in [0.2, 0.25) is 0 Å². The van der Waals surface area contributed by atoms with E-state index >= 15 is 0 Å². The van der Waals surface area contributed by atoms with E-state index < -0.39 is 0 Å². The molecule has 0 heterocycles. The first-order valence-corrected chi connectivity index (χ1v) is 2.78. The number of allylic oxidation sites excluding steroid dienone is 2. The standard InChI is InChI=1S/C5H9ClO/c1-2-5(7)3-4-6/h3,7H,2,4H2,1H3/b5-3-. The highest BCUT2D eigenvalue weighted by Gasteiger charge is 1.80. The third-order valence-electron chi connectivity index (χ3n) is 0.675. The number of aliphatic hydroxyl groups is 1. The summed E-state index contributed by atoms with van der Waals surface area (Å²) in [6.45, 7) is 1.87. The molecule has 0 aromatic carbocycles. The Morgan fingerprint density at radius 3 is 2.57 bits per heavy atom. The van der Waals surface area contributed by atoms with E-state index in [9.17, 15) is 0 Å². The first-order chi connectivity index (χ1) is 3.31. The molecule has 0 amide bonds. The largest absolute Gasteiger partial charge is 0.513 e. The molecule has 0 saturated heterocycles. The number of aliphatic hydroxyl groups excluding tert-OH is 1. The topological polar surface area (TPSA) is 20.2 Å². The molecular formula is C5H9ClO. The maximum atomic E-state index is 8.63. The van der Waals surface area contributed by atoms with Crippen molar-refractivity contribution in [2.24, 2.45) is 0 Å². The van der Waals surface area contributed by atoms with Gasteiger partial charge in [-0.15, -0.1) is 11.6 Å². The van der Waals surface area contributed by atoms with Crippen LogP contribution >= 0.6 is 11.6 Å². The van der Waals surface area contributed by atoms with Gasteiger partial charge in [-0.25, -0.2) is 0 Å². The highest BCUT2D eigenvalue weighted by molar-refractivity contribution is 6.18. The molecule has 1 nitrogen and oxygen atoms in total. The van der Waals surface area contributed by atoms with Crippen LogP contribution in [-0.2, 0) is 0 Å². The van der Waals surface area contributed by atoms with Crippen LogP contribution in [0, 0.1) is 0 Å². The lowest BCUT2D eigenvalue weighted by atomic mass is 10.4. The summed E-state index contributed by atoms with van der Waals surface area (Å²) in [7, 11) is 0. The van der Waals surface area contributed by atoms with Gasteiger partial charge in [-0.2, -0.15) is 0 Å². The maximum Gasteiger partial charge on any atom is 0.0892 e. The molecule has 2 heteroatoms. The van der Waals surface area contributed by atoms with E-state index in [1.807, 2.05) is 6.92 Å². The van der Waals surface area contributed by atoms with Crippen molar-refractivity contribution in [2.75, 3.05) is 5.88 Å². The van der Waals surface area contributed by atoms with Crippen LogP contribution < -0.4 is 0 Å². The Kier molecular flexibility index (Phi) is 3.90. The van der Waals surface area contributed by atoms with Crippen LogP contribution in [0.1, 0.15) is 13.3 Å². The molecule has 7 heavy (non-hydrogen) atoms. The zero-order chi connectivity index (χ0) is 5.70. The predicted octanol–water partition coefficient (Wildman–Crippen LogP) is 2.08. The lowest BCUT2D eigenvalue weighted by Gasteiger charge is -1.87. The van der Waals surface area contributed by atoms with Gasteiger partial charge < -0.3 is 5.11 Å². The summed E-state index contributed by atoms with van der Waals surface area (Å²) in [4.78, 5) is 0. The van der Waals surface area contributed by atoms with E-state index in [2.05, 4.69) is 0 Å². The molecule has 42 valence electrons. The fourth-order valence-corrected chi connectivity index (χ4v) is 0.412. The van der Waals surface area contributed by atoms with Gasteiger partial charge in [0.25, 0.3) is 0 Å². The van der Waals surface area contributed by atoms with Gasteiger partial charge in [0, 0.05) is 12.3 Å². The van der Waals surface area contributed by atoms with Crippen LogP contribution in [-0.4, -0.2) is 11.0 Å². The Balaban J connectivity index is 3.29. The van der Waals surface area contributed by atoms with Crippen LogP contribution in [0.3, 0.4) is 0 Å². The molecule has 0 radical (unpaired) electrons. The van der Waals surface area contributed by atoms with Crippen molar-refractivity contribution >= 4 is 11.6 Å². The Bertz CT molecular complexity index is 68.5. The van der Waals surface area contributed by atoms with Crippen LogP contribution in [0.15, 0.2) is 11.8 Å². The molecule has 0 aromatic rings. The summed E-state index contributed by atoms with van der Waals surface area (Å²) in [6.07, 6.45) is 2.26. The van der Waals surface area contributed by atoms with Gasteiger partial charge >= 0.3 is 0 Å². The van der Waals surface area contributed by atoms with Crippen molar-refractivity contribution in [3.05, 3.63) is 11.8 Å². The highest BCUT2D eigenvalue weighted by Crippen LogP contribution is 1.93. The number of hydrogen-bond donors (Lipinski definition) is 1. The minimum Gasteiger partial charge on any atom is -0.513 e. The molecule has 0 aromatic heterocycles. The van der Waals surface area contributed by atoms with Crippen LogP contribution in [0.4, 0.5) is 0 Å². The summed E-state index contributed by atoms with van der Waals surface area (Å²) >= 11 is 5.24. The number of alkyl halides is 1. The summed E-state index contributed by atoms with van der Waals surface area (Å²) in [5.41, 5.74) is 0. The van der Waals surface area contributed by atoms with Gasteiger partial charge in [0.1, 0.15) is 0 Å². The van der Waals surface area contributed by atoms with Gasteiger partial charge in [-0.05, 0) is 6.08 Å². The summed E-state index contributed by atoms with van der Waals surface area (Å²) in [6, 6.07) is 0. The minimum absolute atomic E-state index is 0.370. The summed E-state index contributed by atoms with van der Waals surface area (Å²) in [5.74, 6) is 0.773. The Morgan fingerprint density at radius 2 is 2.43 bits per heavy atom. The molecule has 0 atom stereocenters. The second-order valence-electron chi connectivity index (χ2n) is 1.20. The van der Waals surface area contributed by atoms with Crippen LogP contribution in [0.5, 0.6) is 0 Å². The Hall–Kier alpha value is -0.170. The van der Waals surface area contributed by atoms with E-state index in [0.29, 0.717) is 18.1 Å². The first kappa shape index (κ1) is 6.83. The Morgan fingerprint density at radius 1 is 1.86 bits per heavy atom. The van der Waals surface area contributed by atoms with E-state index in [0.717, 1.165) is 0 Å². The predicted molar refractivity (Wildman–Crippen MR) is 31.7 cm³/mol. The molecule has 0 aliphatic carbocycles. The second kappa shape index (κ2) is 4.00. The number of halogens is 1. The molecule has 0 fully saturated rings. The fourth-order valence-electron chi connectivity index (χ4n) is 0.233. The van der Waals surface area contributed by atoms with Gasteiger partial charge in [-0.3, -0.25) is 0 Å². The van der Waals surface area contributed by atoms with Crippen molar-refractivity contribution in [3.8, 4) is 0 Å². The second-order valence-corrected chi connectivity index (χ2v) is 1.51. The quantitative estimate of drug-likeness (QED) is 0.437. The molecular weight excluding hydrogens is 112 g/mol. The average molecular weight is 121 g/mol. The van der Waals surface area contributed by atoms with Gasteiger partial charge in [0.15, 0.2) is 0 Å². The molecule has 1 N–H and O–H groups in total. The molecule has 0 rings (SSSR count). The molecule has 0 unspecified atom stereocenters. The monoisotopic (exact) mass is 120 g/mol. The minimum atomic E-state index is 0.370. The van der Waals surface area contributed by atoms with E-state index in [1.165, 1.54) is 0 Å². The lowest BCUT2D eigenvalue weighted by Crippen LogP contribution is -1.75. The zero-order valence-electron chi connectivity index (χ0n) is 4.32. The van der Waals surface area contributed by atoms with Gasteiger partial charge in [0.2, 0.25) is 0 Å². The normalized spacial score (nSPS) is 12.0. The summed E-state index contributed by atoms with van der Waals surface area (Å²) < 4.78 is 0. The third-order valence-corrected chi connectivity index (χ3v) is 0.829. The molecule has 0 bridgehead atoms. The number of rotatable bonds is 2. The van der Waals surface area contributed by atoms with Crippen LogP contribution in [0.25, 0.3) is 0 Å². The molecule has 0 saturated carbocycles. The third kappa shape index (κ3) is 3.67. The summed E-state index contributed by atoms with van der Waals surface area (Å²) in [5, 5.41) is 8.63. The Labute approximate surface area is 48.6 Å². The molecule has 0 aliphatic heterocycles. The fraction of sp³-hybridized carbons (Fsp3) is 0.600. The first-order valence-electron chi connectivity index (χ1n) is 2.25. The number of hydrogen-bond acceptors (Lipinski definition) is 1. The van der Waals surface area contributed by atoms with E-state index in [4.69, 9.17) is 16.7 Å². The SMILES string of the molecule is CC/C(O)=C/CCl. The van der Waals surface area contributed by atoms with Gasteiger partial charge in [0.05, 0.1) is 5.76 Å². The smallest absolute Gasteiger partial charge is 0.0892 e. The maximum absolute atomic E-state index is 8.63. The van der Waals surface area contributed by atoms with E-state index in [1.54, 1.807) is 6.08 Å². The van der Waals surface area contributed by atoms with Gasteiger partial charge in [-0.1, -0.05) is 6.92 Å². The molecule has 0 spiro atoms. The lowest BCUT2D eigenvalue weighted by molar-refractivity contribution is 0.393. The van der Waals surface area contributed by atoms with Crippen molar-refractivity contribution in [1.29, 1.82) is 0 Å². The van der Waals surface area contributed by atoms with Crippen molar-refractivity contribution in [3.63, 3.8) is 0 Å². The van der Waals surface area contributed by atoms with Crippen molar-refractivity contribution in [2.45, 2.75) is 13.3 Å².